The molecule has 1 aliphatic heterocycles. The van der Waals surface area contributed by atoms with Gasteiger partial charge in [0.25, 0.3) is 5.91 Å². The highest BCUT2D eigenvalue weighted by atomic mass is 16.2. The molecule has 1 aliphatic rings. The molecule has 2 amide bonds. The highest BCUT2D eigenvalue weighted by Gasteiger charge is 2.44. The third kappa shape index (κ3) is 3.16. The Labute approximate surface area is 148 Å². The van der Waals surface area contributed by atoms with Gasteiger partial charge in [0.1, 0.15) is 0 Å². The molecule has 0 aromatic heterocycles. The molecule has 4 heteroatoms. The number of nitrogens with zero attached hydrogens (tertiary/aromatic N) is 1. The van der Waals surface area contributed by atoms with E-state index in [0.717, 1.165) is 16.9 Å². The summed E-state index contributed by atoms with van der Waals surface area (Å²) in [4.78, 5) is 27.2. The normalized spacial score (nSPS) is 15.4. The molecule has 2 aromatic carbocycles. The molecule has 0 atom stereocenters. The topological polar surface area (TPSA) is 49.4 Å². The van der Waals surface area contributed by atoms with Gasteiger partial charge in [0, 0.05) is 23.5 Å². The van der Waals surface area contributed by atoms with Crippen LogP contribution in [0.3, 0.4) is 0 Å². The maximum absolute atomic E-state index is 12.8. The van der Waals surface area contributed by atoms with Gasteiger partial charge < -0.3 is 10.2 Å². The minimum atomic E-state index is -0.557. The summed E-state index contributed by atoms with van der Waals surface area (Å²) < 4.78 is 0. The van der Waals surface area contributed by atoms with Gasteiger partial charge in [-0.05, 0) is 49.6 Å². The first-order valence-electron chi connectivity index (χ1n) is 8.63. The van der Waals surface area contributed by atoms with Crippen molar-refractivity contribution in [2.45, 2.75) is 33.1 Å². The standard InChI is InChI=1S/C21H24N2O2/c1-14(2)13-23-18-12-15(10-11-17(18)21(3,4)20(23)25)19(24)22-16-8-6-5-7-9-16/h5-12,14H,13H2,1-4H3,(H,22,24). The molecule has 0 aliphatic carbocycles. The number of rotatable bonds is 4. The Balaban J connectivity index is 1.94. The Kier molecular flexibility index (Phi) is 4.38. The summed E-state index contributed by atoms with van der Waals surface area (Å²) >= 11 is 0. The molecule has 3 rings (SSSR count). The zero-order valence-electron chi connectivity index (χ0n) is 15.2. The van der Waals surface area contributed by atoms with E-state index >= 15 is 0 Å². The summed E-state index contributed by atoms with van der Waals surface area (Å²) in [5.74, 6) is 0.278. The molecule has 1 N–H and O–H groups in total. The van der Waals surface area contributed by atoms with Crippen molar-refractivity contribution in [1.29, 1.82) is 0 Å². The first-order chi connectivity index (χ1) is 11.8. The Morgan fingerprint density at radius 2 is 1.80 bits per heavy atom. The van der Waals surface area contributed by atoms with Crippen molar-refractivity contribution in [3.8, 4) is 0 Å². The van der Waals surface area contributed by atoms with E-state index in [1.807, 2.05) is 61.2 Å². The van der Waals surface area contributed by atoms with Crippen LogP contribution in [0.1, 0.15) is 43.6 Å². The Hall–Kier alpha value is -2.62. The number of benzene rings is 2. The highest BCUT2D eigenvalue weighted by Crippen LogP contribution is 2.42. The van der Waals surface area contributed by atoms with Gasteiger partial charge in [-0.2, -0.15) is 0 Å². The van der Waals surface area contributed by atoms with Crippen LogP contribution in [0.25, 0.3) is 0 Å². The molecule has 0 fully saturated rings. The number of anilines is 2. The molecule has 0 spiro atoms. The lowest BCUT2D eigenvalue weighted by atomic mass is 9.86. The average Bonchev–Trinajstić information content (AvgIpc) is 2.76. The van der Waals surface area contributed by atoms with Crippen molar-refractivity contribution in [3.05, 3.63) is 59.7 Å². The monoisotopic (exact) mass is 336 g/mol. The number of fused-ring (bicyclic) bond motifs is 1. The van der Waals surface area contributed by atoms with Crippen LogP contribution in [0, 0.1) is 5.92 Å². The van der Waals surface area contributed by atoms with Gasteiger partial charge in [0.05, 0.1) is 5.41 Å². The zero-order valence-corrected chi connectivity index (χ0v) is 15.2. The number of amides is 2. The fraction of sp³-hybridized carbons (Fsp3) is 0.333. The van der Waals surface area contributed by atoms with E-state index in [1.165, 1.54) is 0 Å². The van der Waals surface area contributed by atoms with Gasteiger partial charge in [-0.25, -0.2) is 0 Å². The van der Waals surface area contributed by atoms with Crippen molar-refractivity contribution in [2.24, 2.45) is 5.92 Å². The van der Waals surface area contributed by atoms with Crippen molar-refractivity contribution in [1.82, 2.24) is 0 Å². The molecule has 25 heavy (non-hydrogen) atoms. The maximum Gasteiger partial charge on any atom is 0.255 e. The van der Waals surface area contributed by atoms with Crippen LogP contribution in [0.15, 0.2) is 48.5 Å². The van der Waals surface area contributed by atoms with Crippen LogP contribution in [0.2, 0.25) is 0 Å². The smallest absolute Gasteiger partial charge is 0.255 e. The van der Waals surface area contributed by atoms with Gasteiger partial charge in [-0.3, -0.25) is 9.59 Å². The first kappa shape index (κ1) is 17.2. The molecule has 0 bridgehead atoms. The zero-order chi connectivity index (χ0) is 18.2. The molecule has 1 heterocycles. The molecule has 4 nitrogen and oxygen atoms in total. The van der Waals surface area contributed by atoms with E-state index < -0.39 is 5.41 Å². The predicted molar refractivity (Wildman–Crippen MR) is 101 cm³/mol. The molecular weight excluding hydrogens is 312 g/mol. The van der Waals surface area contributed by atoms with E-state index in [2.05, 4.69) is 19.2 Å². The van der Waals surface area contributed by atoms with Gasteiger partial charge >= 0.3 is 0 Å². The third-order valence-electron chi connectivity index (χ3n) is 4.58. The fourth-order valence-corrected chi connectivity index (χ4v) is 3.26. The van der Waals surface area contributed by atoms with E-state index in [9.17, 15) is 9.59 Å². The van der Waals surface area contributed by atoms with Crippen LogP contribution >= 0.6 is 0 Å². The van der Waals surface area contributed by atoms with Crippen molar-refractivity contribution >= 4 is 23.2 Å². The van der Waals surface area contributed by atoms with Crippen molar-refractivity contribution in [3.63, 3.8) is 0 Å². The summed E-state index contributed by atoms with van der Waals surface area (Å²) in [6.07, 6.45) is 0. The van der Waals surface area contributed by atoms with Crippen LogP contribution in [-0.2, 0) is 10.2 Å². The predicted octanol–water partition coefficient (Wildman–Crippen LogP) is 4.22. The Morgan fingerprint density at radius 3 is 2.44 bits per heavy atom. The second-order valence-electron chi connectivity index (χ2n) is 7.49. The Bertz CT molecular complexity index is 810. The Morgan fingerprint density at radius 1 is 1.12 bits per heavy atom. The van der Waals surface area contributed by atoms with E-state index in [-0.39, 0.29) is 11.8 Å². The SMILES string of the molecule is CC(C)CN1C(=O)C(C)(C)c2ccc(C(=O)Nc3ccccc3)cc21. The molecule has 0 saturated carbocycles. The fourth-order valence-electron chi connectivity index (χ4n) is 3.26. The van der Waals surface area contributed by atoms with Gasteiger partial charge in [-0.15, -0.1) is 0 Å². The summed E-state index contributed by atoms with van der Waals surface area (Å²) in [5.41, 5.74) is 2.59. The van der Waals surface area contributed by atoms with Crippen LogP contribution in [0.5, 0.6) is 0 Å². The van der Waals surface area contributed by atoms with Crippen LogP contribution < -0.4 is 10.2 Å². The maximum atomic E-state index is 12.8. The van der Waals surface area contributed by atoms with E-state index in [0.29, 0.717) is 18.0 Å². The van der Waals surface area contributed by atoms with Crippen LogP contribution in [0.4, 0.5) is 11.4 Å². The largest absolute Gasteiger partial charge is 0.322 e. The summed E-state index contributed by atoms with van der Waals surface area (Å²) in [6.45, 7) is 8.71. The molecule has 2 aromatic rings. The molecule has 130 valence electrons. The summed E-state index contributed by atoms with van der Waals surface area (Å²) in [6, 6.07) is 14.9. The van der Waals surface area contributed by atoms with Crippen molar-refractivity contribution < 1.29 is 9.59 Å². The molecule has 0 unspecified atom stereocenters. The van der Waals surface area contributed by atoms with E-state index in [4.69, 9.17) is 0 Å². The lowest BCUT2D eigenvalue weighted by Crippen LogP contribution is -2.38. The van der Waals surface area contributed by atoms with Crippen molar-refractivity contribution in [2.75, 3.05) is 16.8 Å². The minimum absolute atomic E-state index is 0.0943. The second-order valence-corrected chi connectivity index (χ2v) is 7.49. The first-order valence-corrected chi connectivity index (χ1v) is 8.63. The number of para-hydroxylation sites is 1. The lowest BCUT2D eigenvalue weighted by molar-refractivity contribution is -0.122. The summed E-state index contributed by atoms with van der Waals surface area (Å²) in [7, 11) is 0. The van der Waals surface area contributed by atoms with Gasteiger partial charge in [0.2, 0.25) is 5.91 Å². The summed E-state index contributed by atoms with van der Waals surface area (Å²) in [5, 5.41) is 2.89. The number of hydrogen-bond donors (Lipinski definition) is 1. The lowest BCUT2D eigenvalue weighted by Gasteiger charge is -2.22. The number of carbonyl (C=O) groups is 2. The number of nitrogens with one attached hydrogen (secondary N) is 1. The van der Waals surface area contributed by atoms with E-state index in [1.54, 1.807) is 6.07 Å². The van der Waals surface area contributed by atoms with Gasteiger partial charge in [0.15, 0.2) is 0 Å². The van der Waals surface area contributed by atoms with Crippen LogP contribution in [-0.4, -0.2) is 18.4 Å². The van der Waals surface area contributed by atoms with Gasteiger partial charge in [-0.1, -0.05) is 38.1 Å². The minimum Gasteiger partial charge on any atom is -0.322 e. The number of carbonyl (C=O) groups excluding carboxylic acids is 2. The average molecular weight is 336 g/mol. The quantitative estimate of drug-likeness (QED) is 0.909. The third-order valence-corrected chi connectivity index (χ3v) is 4.58. The molecular formula is C21H24N2O2. The second kappa shape index (κ2) is 6.36. The highest BCUT2D eigenvalue weighted by molar-refractivity contribution is 6.10. The molecule has 0 radical (unpaired) electrons. The molecule has 0 saturated heterocycles. The number of hydrogen-bond acceptors (Lipinski definition) is 2.